The van der Waals surface area contributed by atoms with E-state index in [1.54, 1.807) is 6.92 Å². The Morgan fingerprint density at radius 2 is 2.13 bits per heavy atom. The molecule has 1 aliphatic heterocycles. The molecule has 0 unspecified atom stereocenters. The summed E-state index contributed by atoms with van der Waals surface area (Å²) in [5.41, 5.74) is 4.29. The number of hydrogen-bond acceptors (Lipinski definition) is 5. The van der Waals surface area contributed by atoms with Crippen molar-refractivity contribution in [2.24, 2.45) is 5.16 Å². The van der Waals surface area contributed by atoms with E-state index in [2.05, 4.69) is 35.9 Å². The van der Waals surface area contributed by atoms with E-state index in [1.807, 2.05) is 6.07 Å². The van der Waals surface area contributed by atoms with Crippen LogP contribution in [0, 0.1) is 13.8 Å². The minimum Gasteiger partial charge on any atom is -0.390 e. The van der Waals surface area contributed by atoms with Crippen LogP contribution >= 0.6 is 0 Å². The van der Waals surface area contributed by atoms with Gasteiger partial charge >= 0.3 is 0 Å². The van der Waals surface area contributed by atoms with Crippen LogP contribution in [0.2, 0.25) is 0 Å². The first-order chi connectivity index (χ1) is 10.8. The van der Waals surface area contributed by atoms with Crippen LogP contribution in [0.4, 0.5) is 0 Å². The summed E-state index contributed by atoms with van der Waals surface area (Å²) in [5, 5.41) is 4.09. The lowest BCUT2D eigenvalue weighted by molar-refractivity contribution is 0.0889. The first kappa shape index (κ1) is 17.9. The number of ether oxygens (including phenoxy) is 1. The number of hydrogen-bond donors (Lipinski definition) is 1. The van der Waals surface area contributed by atoms with E-state index in [9.17, 15) is 8.42 Å². The van der Waals surface area contributed by atoms with Gasteiger partial charge in [-0.25, -0.2) is 13.1 Å². The van der Waals surface area contributed by atoms with Crippen LogP contribution in [-0.4, -0.2) is 45.7 Å². The number of nitrogens with zero attached hydrogens (tertiary/aromatic N) is 1. The molecule has 0 aromatic heterocycles. The molecule has 0 fully saturated rings. The lowest BCUT2D eigenvalue weighted by Crippen LogP contribution is -2.36. The van der Waals surface area contributed by atoms with E-state index < -0.39 is 10.0 Å². The highest BCUT2D eigenvalue weighted by atomic mass is 32.2. The highest BCUT2D eigenvalue weighted by Crippen LogP contribution is 2.19. The van der Waals surface area contributed by atoms with E-state index in [1.165, 1.54) is 18.2 Å². The summed E-state index contributed by atoms with van der Waals surface area (Å²) in [6.07, 6.45) is -0.0382. The van der Waals surface area contributed by atoms with Gasteiger partial charge in [0.05, 0.1) is 24.1 Å². The lowest BCUT2D eigenvalue weighted by Gasteiger charge is -2.13. The Morgan fingerprint density at radius 3 is 2.78 bits per heavy atom. The Hall–Kier alpha value is -1.44. The summed E-state index contributed by atoms with van der Waals surface area (Å²) < 4.78 is 31.3. The molecule has 128 valence electrons. The van der Waals surface area contributed by atoms with Gasteiger partial charge in [0.1, 0.15) is 6.10 Å². The molecule has 23 heavy (non-hydrogen) atoms. The van der Waals surface area contributed by atoms with E-state index in [0.717, 1.165) is 11.3 Å². The van der Waals surface area contributed by atoms with Crippen LogP contribution in [0.1, 0.15) is 30.0 Å². The summed E-state index contributed by atoms with van der Waals surface area (Å²) >= 11 is 0. The van der Waals surface area contributed by atoms with Gasteiger partial charge in [-0.2, -0.15) is 0 Å². The minimum absolute atomic E-state index is 0.0684. The zero-order chi connectivity index (χ0) is 17.0. The van der Waals surface area contributed by atoms with Crippen LogP contribution in [0.5, 0.6) is 0 Å². The molecule has 1 N–H and O–H groups in total. The third kappa shape index (κ3) is 5.02. The molecule has 2 atom stereocenters. The number of benzene rings is 1. The lowest BCUT2D eigenvalue weighted by atomic mass is 10.0. The molecule has 1 heterocycles. The molecule has 0 aliphatic carbocycles. The van der Waals surface area contributed by atoms with Gasteiger partial charge in [-0.15, -0.1) is 0 Å². The van der Waals surface area contributed by atoms with Gasteiger partial charge in [0.25, 0.3) is 0 Å². The number of nitrogens with one attached hydrogen (secondary N) is 1. The predicted octanol–water partition coefficient (Wildman–Crippen LogP) is 1.75. The van der Waals surface area contributed by atoms with Crippen molar-refractivity contribution < 1.29 is 18.0 Å². The number of methoxy groups -OCH3 is 1. The standard InChI is InChI=1S/C16H24N2O4S/c1-11-5-6-14(7-12(11)2)16-8-15(22-18-16)9-17-23(19,20)10-13(3)21-4/h5-7,13,15,17H,8-10H2,1-4H3/t13-,15-/m1/s1. The first-order valence-corrected chi connectivity index (χ1v) is 9.26. The van der Waals surface area contributed by atoms with Crippen LogP contribution in [0.25, 0.3) is 0 Å². The van der Waals surface area contributed by atoms with E-state index in [0.29, 0.717) is 6.42 Å². The van der Waals surface area contributed by atoms with Gasteiger partial charge in [-0.3, -0.25) is 0 Å². The number of sulfonamides is 1. The third-order valence-corrected chi connectivity index (χ3v) is 5.48. The van der Waals surface area contributed by atoms with Gasteiger partial charge in [0.15, 0.2) is 0 Å². The summed E-state index contributed by atoms with van der Waals surface area (Å²) in [4.78, 5) is 5.35. The molecular weight excluding hydrogens is 316 g/mol. The van der Waals surface area contributed by atoms with Gasteiger partial charge in [-0.1, -0.05) is 17.3 Å². The number of aryl methyl sites for hydroxylation is 2. The molecular formula is C16H24N2O4S. The average Bonchev–Trinajstić information content (AvgIpc) is 2.96. The number of rotatable bonds is 7. The predicted molar refractivity (Wildman–Crippen MR) is 90.2 cm³/mol. The van der Waals surface area contributed by atoms with E-state index in [4.69, 9.17) is 9.57 Å². The molecule has 0 bridgehead atoms. The maximum atomic E-state index is 11.9. The fourth-order valence-electron chi connectivity index (χ4n) is 2.29. The molecule has 2 rings (SSSR count). The molecule has 0 saturated heterocycles. The van der Waals surface area contributed by atoms with Gasteiger partial charge < -0.3 is 9.57 Å². The van der Waals surface area contributed by atoms with Crippen LogP contribution < -0.4 is 4.72 Å². The quantitative estimate of drug-likeness (QED) is 0.820. The molecule has 1 aromatic carbocycles. The van der Waals surface area contributed by atoms with E-state index >= 15 is 0 Å². The summed E-state index contributed by atoms with van der Waals surface area (Å²) in [5.74, 6) is -0.0684. The second kappa shape index (κ2) is 7.42. The fraction of sp³-hybridized carbons (Fsp3) is 0.562. The largest absolute Gasteiger partial charge is 0.390 e. The summed E-state index contributed by atoms with van der Waals surface area (Å²) in [6, 6.07) is 6.14. The Balaban J connectivity index is 1.88. The van der Waals surface area contributed by atoms with Crippen molar-refractivity contribution in [2.75, 3.05) is 19.4 Å². The average molecular weight is 340 g/mol. The first-order valence-electron chi connectivity index (χ1n) is 7.61. The Bertz CT molecular complexity index is 685. The number of oxime groups is 1. The van der Waals surface area contributed by atoms with Crippen molar-refractivity contribution in [3.63, 3.8) is 0 Å². The Morgan fingerprint density at radius 1 is 1.39 bits per heavy atom. The van der Waals surface area contributed by atoms with Crippen molar-refractivity contribution in [3.8, 4) is 0 Å². The Kier molecular flexibility index (Phi) is 5.78. The normalized spacial score (nSPS) is 19.3. The monoisotopic (exact) mass is 340 g/mol. The van der Waals surface area contributed by atoms with Crippen molar-refractivity contribution in [1.82, 2.24) is 4.72 Å². The highest BCUT2D eigenvalue weighted by molar-refractivity contribution is 7.89. The Labute approximate surface area is 137 Å². The van der Waals surface area contributed by atoms with Gasteiger partial charge in [-0.05, 0) is 43.5 Å². The van der Waals surface area contributed by atoms with Crippen molar-refractivity contribution >= 4 is 15.7 Å². The van der Waals surface area contributed by atoms with Gasteiger partial charge in [0.2, 0.25) is 10.0 Å². The SMILES string of the molecule is CO[C@H](C)CS(=O)(=O)NC[C@H]1CC(c2ccc(C)c(C)c2)=NO1. The molecule has 0 spiro atoms. The summed E-state index contributed by atoms with van der Waals surface area (Å²) in [7, 11) is -1.89. The molecule has 6 nitrogen and oxygen atoms in total. The van der Waals surface area contributed by atoms with Crippen molar-refractivity contribution in [1.29, 1.82) is 0 Å². The summed E-state index contributed by atoms with van der Waals surface area (Å²) in [6.45, 7) is 6.03. The fourth-order valence-corrected chi connectivity index (χ4v) is 3.60. The van der Waals surface area contributed by atoms with Gasteiger partial charge in [0, 0.05) is 13.5 Å². The third-order valence-electron chi connectivity index (χ3n) is 3.96. The van der Waals surface area contributed by atoms with Crippen molar-refractivity contribution in [2.45, 2.75) is 39.4 Å². The second-order valence-corrected chi connectivity index (χ2v) is 7.80. The maximum Gasteiger partial charge on any atom is 0.214 e. The van der Waals surface area contributed by atoms with E-state index in [-0.39, 0.29) is 24.5 Å². The van der Waals surface area contributed by atoms with Crippen LogP contribution in [0.15, 0.2) is 23.4 Å². The molecule has 0 saturated carbocycles. The molecule has 7 heteroatoms. The molecule has 1 aromatic rings. The topological polar surface area (TPSA) is 77.0 Å². The minimum atomic E-state index is -3.38. The zero-order valence-electron chi connectivity index (χ0n) is 14.0. The maximum absolute atomic E-state index is 11.9. The van der Waals surface area contributed by atoms with Crippen LogP contribution in [-0.2, 0) is 19.6 Å². The second-order valence-electron chi connectivity index (χ2n) is 5.94. The van der Waals surface area contributed by atoms with Crippen molar-refractivity contribution in [3.05, 3.63) is 34.9 Å². The highest BCUT2D eigenvalue weighted by Gasteiger charge is 2.25. The molecule has 1 aliphatic rings. The smallest absolute Gasteiger partial charge is 0.214 e. The molecule has 0 radical (unpaired) electrons. The van der Waals surface area contributed by atoms with Crippen LogP contribution in [0.3, 0.4) is 0 Å². The zero-order valence-corrected chi connectivity index (χ0v) is 14.8. The molecule has 0 amide bonds.